The highest BCUT2D eigenvalue weighted by Crippen LogP contribution is 2.18. The van der Waals surface area contributed by atoms with Crippen molar-refractivity contribution < 1.29 is 14.3 Å². The van der Waals surface area contributed by atoms with Crippen LogP contribution >= 0.6 is 0 Å². The number of nitrogens with zero attached hydrogens (tertiary/aromatic N) is 3. The molecule has 20 heavy (non-hydrogen) atoms. The maximum absolute atomic E-state index is 10.7. The van der Waals surface area contributed by atoms with Gasteiger partial charge in [-0.05, 0) is 25.6 Å². The zero-order valence-electron chi connectivity index (χ0n) is 11.5. The molecule has 1 N–H and O–H groups in total. The van der Waals surface area contributed by atoms with Gasteiger partial charge in [-0.15, -0.1) is 10.2 Å². The third kappa shape index (κ3) is 3.64. The average molecular weight is 275 g/mol. The first-order chi connectivity index (χ1) is 9.58. The van der Waals surface area contributed by atoms with Gasteiger partial charge in [0, 0.05) is 5.56 Å². The summed E-state index contributed by atoms with van der Waals surface area (Å²) in [5.41, 5.74) is 2.02. The van der Waals surface area contributed by atoms with Gasteiger partial charge in [0.15, 0.2) is 0 Å². The van der Waals surface area contributed by atoms with Gasteiger partial charge in [0.2, 0.25) is 11.8 Å². The molecule has 0 aliphatic heterocycles. The molecular weight excluding hydrogens is 258 g/mol. The van der Waals surface area contributed by atoms with Crippen LogP contribution in [-0.2, 0) is 11.3 Å². The lowest BCUT2D eigenvalue weighted by Gasteiger charge is -2.14. The largest absolute Gasteiger partial charge is 0.480 e. The molecule has 0 amide bonds. The Hall–Kier alpha value is -2.21. The molecule has 106 valence electrons. The van der Waals surface area contributed by atoms with E-state index in [2.05, 4.69) is 10.2 Å². The van der Waals surface area contributed by atoms with Gasteiger partial charge in [-0.3, -0.25) is 9.69 Å². The van der Waals surface area contributed by atoms with E-state index in [4.69, 9.17) is 9.52 Å². The molecule has 0 fully saturated rings. The van der Waals surface area contributed by atoms with E-state index in [9.17, 15) is 4.79 Å². The Labute approximate surface area is 117 Å². The number of benzene rings is 1. The highest BCUT2D eigenvalue weighted by Gasteiger charge is 2.13. The molecule has 0 spiro atoms. The Morgan fingerprint density at radius 2 is 2.00 bits per heavy atom. The molecule has 1 heterocycles. The third-order valence-corrected chi connectivity index (χ3v) is 2.93. The van der Waals surface area contributed by atoms with Crippen LogP contribution in [0.25, 0.3) is 11.5 Å². The molecule has 2 rings (SSSR count). The number of likely N-dealkylation sites (N-methyl/N-ethyl adjacent to an activating group) is 1. The van der Waals surface area contributed by atoms with Crippen LogP contribution in [0, 0.1) is 6.92 Å². The van der Waals surface area contributed by atoms with Crippen LogP contribution < -0.4 is 0 Å². The van der Waals surface area contributed by atoms with Gasteiger partial charge in [-0.25, -0.2) is 0 Å². The number of carboxylic acid groups (broad SMARTS) is 1. The van der Waals surface area contributed by atoms with E-state index in [0.717, 1.165) is 11.1 Å². The molecule has 0 saturated carbocycles. The molecule has 0 aliphatic rings. The number of aryl methyl sites for hydroxylation is 1. The molecule has 1 aromatic carbocycles. The van der Waals surface area contributed by atoms with E-state index in [1.54, 1.807) is 4.90 Å². The summed E-state index contributed by atoms with van der Waals surface area (Å²) >= 11 is 0. The molecule has 0 unspecified atom stereocenters. The van der Waals surface area contributed by atoms with Crippen molar-refractivity contribution in [2.24, 2.45) is 0 Å². The quantitative estimate of drug-likeness (QED) is 0.868. The van der Waals surface area contributed by atoms with E-state index < -0.39 is 5.97 Å². The van der Waals surface area contributed by atoms with Crippen LogP contribution in [0.4, 0.5) is 0 Å². The zero-order chi connectivity index (χ0) is 14.5. The van der Waals surface area contributed by atoms with Gasteiger partial charge >= 0.3 is 5.97 Å². The summed E-state index contributed by atoms with van der Waals surface area (Å²) in [5.74, 6) is 0.000163. The van der Waals surface area contributed by atoms with Crippen molar-refractivity contribution in [1.82, 2.24) is 15.1 Å². The van der Waals surface area contributed by atoms with Crippen molar-refractivity contribution >= 4 is 5.97 Å². The van der Waals surface area contributed by atoms with Gasteiger partial charge in [-0.2, -0.15) is 0 Å². The average Bonchev–Trinajstić information content (AvgIpc) is 2.87. The summed E-state index contributed by atoms with van der Waals surface area (Å²) < 4.78 is 5.57. The summed E-state index contributed by atoms with van der Waals surface area (Å²) in [6, 6.07) is 7.78. The standard InChI is InChI=1S/C14H17N3O3/c1-3-17(9-13(18)19)8-12-15-16-14(20-12)11-6-4-10(2)5-7-11/h4-7H,3,8-9H2,1-2H3,(H,18,19). The summed E-state index contributed by atoms with van der Waals surface area (Å²) in [5, 5.41) is 16.7. The lowest BCUT2D eigenvalue weighted by molar-refractivity contribution is -0.138. The Bertz CT molecular complexity index is 578. The van der Waals surface area contributed by atoms with Gasteiger partial charge in [0.05, 0.1) is 13.1 Å². The Morgan fingerprint density at radius 1 is 1.30 bits per heavy atom. The summed E-state index contributed by atoms with van der Waals surface area (Å²) in [4.78, 5) is 12.4. The fourth-order valence-electron chi connectivity index (χ4n) is 1.79. The molecule has 2 aromatic rings. The second kappa shape index (κ2) is 6.29. The van der Waals surface area contributed by atoms with E-state index >= 15 is 0 Å². The van der Waals surface area contributed by atoms with Crippen molar-refractivity contribution in [1.29, 1.82) is 0 Å². The highest BCUT2D eigenvalue weighted by molar-refractivity contribution is 5.69. The van der Waals surface area contributed by atoms with Gasteiger partial charge in [0.25, 0.3) is 0 Å². The first-order valence-corrected chi connectivity index (χ1v) is 6.42. The number of aromatic nitrogens is 2. The second-order valence-electron chi connectivity index (χ2n) is 4.56. The van der Waals surface area contributed by atoms with Crippen LogP contribution in [0.2, 0.25) is 0 Å². The third-order valence-electron chi connectivity index (χ3n) is 2.93. The topological polar surface area (TPSA) is 79.5 Å². The van der Waals surface area contributed by atoms with Crippen molar-refractivity contribution in [3.05, 3.63) is 35.7 Å². The highest BCUT2D eigenvalue weighted by atomic mass is 16.4. The number of hydrogen-bond donors (Lipinski definition) is 1. The summed E-state index contributed by atoms with van der Waals surface area (Å²) in [6.07, 6.45) is 0. The normalized spacial score (nSPS) is 10.9. The molecule has 0 radical (unpaired) electrons. The molecule has 6 heteroatoms. The molecule has 0 bridgehead atoms. The number of rotatable bonds is 6. The summed E-state index contributed by atoms with van der Waals surface area (Å²) in [6.45, 7) is 4.79. The SMILES string of the molecule is CCN(CC(=O)O)Cc1nnc(-c2ccc(C)cc2)o1. The monoisotopic (exact) mass is 275 g/mol. The number of carboxylic acids is 1. The second-order valence-corrected chi connectivity index (χ2v) is 4.56. The van der Waals surface area contributed by atoms with Gasteiger partial charge < -0.3 is 9.52 Å². The maximum Gasteiger partial charge on any atom is 0.317 e. The Kier molecular flexibility index (Phi) is 4.47. The molecular formula is C14H17N3O3. The van der Waals surface area contributed by atoms with Crippen LogP contribution in [0.15, 0.2) is 28.7 Å². The zero-order valence-corrected chi connectivity index (χ0v) is 11.5. The lowest BCUT2D eigenvalue weighted by atomic mass is 10.1. The minimum Gasteiger partial charge on any atom is -0.480 e. The minimum absolute atomic E-state index is 0.0429. The lowest BCUT2D eigenvalue weighted by Crippen LogP contribution is -2.29. The van der Waals surface area contributed by atoms with Crippen molar-refractivity contribution in [2.75, 3.05) is 13.1 Å². The molecule has 6 nitrogen and oxygen atoms in total. The van der Waals surface area contributed by atoms with Crippen LogP contribution in [0.3, 0.4) is 0 Å². The first kappa shape index (κ1) is 14.2. The van der Waals surface area contributed by atoms with Crippen LogP contribution in [0.5, 0.6) is 0 Å². The number of carbonyl (C=O) groups is 1. The van der Waals surface area contributed by atoms with Crippen LogP contribution in [0.1, 0.15) is 18.4 Å². The molecule has 0 aliphatic carbocycles. The van der Waals surface area contributed by atoms with Crippen molar-refractivity contribution in [3.8, 4) is 11.5 Å². The summed E-state index contributed by atoms with van der Waals surface area (Å²) in [7, 11) is 0. The van der Waals surface area contributed by atoms with Crippen molar-refractivity contribution in [2.45, 2.75) is 20.4 Å². The predicted molar refractivity (Wildman–Crippen MR) is 73.1 cm³/mol. The number of hydrogen-bond acceptors (Lipinski definition) is 5. The Balaban J connectivity index is 2.08. The molecule has 0 saturated heterocycles. The maximum atomic E-state index is 10.7. The van der Waals surface area contributed by atoms with Crippen molar-refractivity contribution in [3.63, 3.8) is 0 Å². The van der Waals surface area contributed by atoms with Gasteiger partial charge in [0.1, 0.15) is 0 Å². The predicted octanol–water partition coefficient (Wildman–Crippen LogP) is 1.95. The first-order valence-electron chi connectivity index (χ1n) is 6.42. The smallest absolute Gasteiger partial charge is 0.317 e. The van der Waals surface area contributed by atoms with E-state index in [1.807, 2.05) is 38.1 Å². The Morgan fingerprint density at radius 3 is 2.60 bits per heavy atom. The van der Waals surface area contributed by atoms with Gasteiger partial charge in [-0.1, -0.05) is 24.6 Å². The fraction of sp³-hybridized carbons (Fsp3) is 0.357. The van der Waals surface area contributed by atoms with E-state index in [1.165, 1.54) is 0 Å². The van der Waals surface area contributed by atoms with E-state index in [-0.39, 0.29) is 6.54 Å². The fourth-order valence-corrected chi connectivity index (χ4v) is 1.79. The molecule has 1 aromatic heterocycles. The van der Waals surface area contributed by atoms with Crippen LogP contribution in [-0.4, -0.2) is 39.3 Å². The minimum atomic E-state index is -0.870. The number of aliphatic carboxylic acids is 1. The molecule has 0 atom stereocenters. The van der Waals surface area contributed by atoms with E-state index in [0.29, 0.717) is 24.9 Å².